The van der Waals surface area contributed by atoms with Gasteiger partial charge >= 0.3 is 0 Å². The minimum Gasteiger partial charge on any atom is -0.356 e. The van der Waals surface area contributed by atoms with E-state index in [1.54, 1.807) is 6.20 Å². The molecule has 1 aromatic carbocycles. The predicted octanol–water partition coefficient (Wildman–Crippen LogP) is 3.24. The molecule has 3 heterocycles. The number of rotatable bonds is 5. The molecule has 7 heteroatoms. The zero-order valence-electron chi connectivity index (χ0n) is 18.9. The van der Waals surface area contributed by atoms with Gasteiger partial charge in [-0.05, 0) is 32.1 Å². The second-order valence-electron chi connectivity index (χ2n) is 8.93. The Labute approximate surface area is 189 Å². The van der Waals surface area contributed by atoms with Crippen LogP contribution in [0.2, 0.25) is 0 Å². The summed E-state index contributed by atoms with van der Waals surface area (Å²) in [5, 5.41) is 0. The van der Waals surface area contributed by atoms with Crippen molar-refractivity contribution in [1.82, 2.24) is 24.4 Å². The first-order valence-electron chi connectivity index (χ1n) is 11.5. The predicted molar refractivity (Wildman–Crippen MR) is 124 cm³/mol. The summed E-state index contributed by atoms with van der Waals surface area (Å²) < 4.78 is 1.96. The van der Waals surface area contributed by atoms with Gasteiger partial charge in [0.1, 0.15) is 11.6 Å². The molecule has 2 aliphatic rings. The quantitative estimate of drug-likeness (QED) is 0.622. The van der Waals surface area contributed by atoms with E-state index in [1.165, 1.54) is 11.3 Å². The first-order chi connectivity index (χ1) is 15.6. The number of hydrogen-bond donors (Lipinski definition) is 0. The largest absolute Gasteiger partial charge is 0.356 e. The Morgan fingerprint density at radius 2 is 1.91 bits per heavy atom. The first kappa shape index (κ1) is 20.7. The van der Waals surface area contributed by atoms with Crippen molar-refractivity contribution in [2.75, 3.05) is 25.0 Å². The summed E-state index contributed by atoms with van der Waals surface area (Å²) in [5.74, 6) is 3.07. The third-order valence-electron chi connectivity index (χ3n) is 6.76. The second kappa shape index (κ2) is 8.73. The molecule has 166 valence electrons. The smallest absolute Gasteiger partial charge is 0.225 e. The number of imidazole rings is 1. The van der Waals surface area contributed by atoms with Gasteiger partial charge in [-0.25, -0.2) is 15.0 Å². The van der Waals surface area contributed by atoms with Crippen molar-refractivity contribution >= 4 is 11.7 Å². The van der Waals surface area contributed by atoms with Gasteiger partial charge in [-0.3, -0.25) is 4.79 Å². The molecule has 7 nitrogen and oxygen atoms in total. The van der Waals surface area contributed by atoms with Gasteiger partial charge in [-0.15, -0.1) is 0 Å². The summed E-state index contributed by atoms with van der Waals surface area (Å²) in [6.07, 6.45) is 8.60. The van der Waals surface area contributed by atoms with Crippen molar-refractivity contribution in [3.8, 4) is 11.4 Å². The number of aryl methyl sites for hydroxylation is 2. The van der Waals surface area contributed by atoms with E-state index in [0.717, 1.165) is 68.2 Å². The molecule has 3 aromatic rings. The van der Waals surface area contributed by atoms with Gasteiger partial charge in [0.2, 0.25) is 5.91 Å². The van der Waals surface area contributed by atoms with Crippen molar-refractivity contribution in [3.05, 3.63) is 59.8 Å². The lowest BCUT2D eigenvalue weighted by Gasteiger charge is -2.34. The molecule has 1 fully saturated rings. The average molecular weight is 431 g/mol. The molecule has 0 saturated carbocycles. The zero-order chi connectivity index (χ0) is 22.1. The highest BCUT2D eigenvalue weighted by molar-refractivity contribution is 5.79. The fraction of sp³-hybridized carbons (Fsp3) is 0.440. The molecule has 0 unspecified atom stereocenters. The van der Waals surface area contributed by atoms with Gasteiger partial charge in [-0.1, -0.05) is 30.3 Å². The molecule has 2 aromatic heterocycles. The van der Waals surface area contributed by atoms with Gasteiger partial charge in [-0.2, -0.15) is 0 Å². The number of anilines is 1. The highest BCUT2D eigenvalue weighted by Gasteiger charge is 2.30. The maximum Gasteiger partial charge on any atom is 0.225 e. The van der Waals surface area contributed by atoms with E-state index in [2.05, 4.69) is 22.0 Å². The Morgan fingerprint density at radius 3 is 2.62 bits per heavy atom. The Morgan fingerprint density at radius 1 is 1.12 bits per heavy atom. The second-order valence-corrected chi connectivity index (χ2v) is 8.93. The van der Waals surface area contributed by atoms with E-state index < -0.39 is 0 Å². The normalized spacial score (nSPS) is 16.2. The van der Waals surface area contributed by atoms with E-state index in [9.17, 15) is 4.79 Å². The fourth-order valence-corrected chi connectivity index (χ4v) is 4.88. The molecule has 0 radical (unpaired) electrons. The molecule has 1 aliphatic heterocycles. The van der Waals surface area contributed by atoms with E-state index in [0.29, 0.717) is 6.54 Å². The van der Waals surface area contributed by atoms with Crippen LogP contribution in [0.15, 0.2) is 42.7 Å². The van der Waals surface area contributed by atoms with Crippen LogP contribution < -0.4 is 4.90 Å². The molecule has 1 amide bonds. The molecule has 0 bridgehead atoms. The number of fused-ring (bicyclic) bond motifs is 1. The molecule has 0 spiro atoms. The van der Waals surface area contributed by atoms with Crippen LogP contribution in [0.1, 0.15) is 36.3 Å². The number of hydrogen-bond acceptors (Lipinski definition) is 5. The van der Waals surface area contributed by atoms with E-state index >= 15 is 0 Å². The van der Waals surface area contributed by atoms with Gasteiger partial charge in [0.05, 0.1) is 6.54 Å². The van der Waals surface area contributed by atoms with Crippen LogP contribution in [0.3, 0.4) is 0 Å². The highest BCUT2D eigenvalue weighted by atomic mass is 16.2. The monoisotopic (exact) mass is 430 g/mol. The van der Waals surface area contributed by atoms with E-state index in [1.807, 2.05) is 48.0 Å². The number of piperidine rings is 1. The summed E-state index contributed by atoms with van der Waals surface area (Å²) in [6, 6.07) is 10.2. The molecule has 1 saturated heterocycles. The maximum absolute atomic E-state index is 13.0. The molecule has 1 aliphatic carbocycles. The van der Waals surface area contributed by atoms with Crippen molar-refractivity contribution in [1.29, 1.82) is 0 Å². The number of amides is 1. The van der Waals surface area contributed by atoms with Gasteiger partial charge < -0.3 is 14.4 Å². The topological polar surface area (TPSA) is 67.2 Å². The van der Waals surface area contributed by atoms with Crippen molar-refractivity contribution in [2.45, 2.75) is 38.6 Å². The van der Waals surface area contributed by atoms with Crippen molar-refractivity contribution < 1.29 is 4.79 Å². The zero-order valence-corrected chi connectivity index (χ0v) is 18.9. The number of carbonyl (C=O) groups excluding carboxylic acids is 1. The van der Waals surface area contributed by atoms with Crippen LogP contribution in [-0.2, 0) is 31.2 Å². The molecular formula is C25H30N6O. The Hall–Kier alpha value is -3.22. The minimum absolute atomic E-state index is 0.0556. The minimum atomic E-state index is 0.0556. The van der Waals surface area contributed by atoms with Crippen LogP contribution in [0, 0.1) is 5.92 Å². The number of nitrogens with zero attached hydrogens (tertiary/aromatic N) is 6. The molecule has 0 atom stereocenters. The lowest BCUT2D eigenvalue weighted by molar-refractivity contribution is -0.135. The molecule has 32 heavy (non-hydrogen) atoms. The van der Waals surface area contributed by atoms with Crippen LogP contribution in [-0.4, -0.2) is 50.5 Å². The number of aromatic nitrogens is 4. The van der Waals surface area contributed by atoms with Gasteiger partial charge in [0.25, 0.3) is 0 Å². The maximum atomic E-state index is 13.0. The van der Waals surface area contributed by atoms with Crippen molar-refractivity contribution in [2.24, 2.45) is 13.0 Å². The fourth-order valence-electron chi connectivity index (χ4n) is 4.88. The summed E-state index contributed by atoms with van der Waals surface area (Å²) in [7, 11) is 3.84. The third kappa shape index (κ3) is 3.99. The van der Waals surface area contributed by atoms with Gasteiger partial charge in [0, 0.05) is 62.3 Å². The van der Waals surface area contributed by atoms with Gasteiger partial charge in [0.15, 0.2) is 5.82 Å². The SMILES string of the molecule is CN(Cc1nccn1C)C(=O)C1CCN(c2nc(-c3ccccc3)nc3c2CCC3)CC1. The van der Waals surface area contributed by atoms with Crippen LogP contribution in [0.5, 0.6) is 0 Å². The number of carbonyl (C=O) groups is 1. The third-order valence-corrected chi connectivity index (χ3v) is 6.76. The van der Waals surface area contributed by atoms with Crippen LogP contribution >= 0.6 is 0 Å². The van der Waals surface area contributed by atoms with Crippen LogP contribution in [0.4, 0.5) is 5.82 Å². The highest BCUT2D eigenvalue weighted by Crippen LogP contribution is 2.33. The summed E-state index contributed by atoms with van der Waals surface area (Å²) in [6.45, 7) is 2.25. The molecular weight excluding hydrogens is 400 g/mol. The Kier molecular flexibility index (Phi) is 5.64. The van der Waals surface area contributed by atoms with Crippen molar-refractivity contribution in [3.63, 3.8) is 0 Å². The number of benzene rings is 1. The lowest BCUT2D eigenvalue weighted by Crippen LogP contribution is -2.42. The average Bonchev–Trinajstić information content (AvgIpc) is 3.47. The molecule has 0 N–H and O–H groups in total. The lowest BCUT2D eigenvalue weighted by atomic mass is 9.95. The summed E-state index contributed by atoms with van der Waals surface area (Å²) >= 11 is 0. The summed E-state index contributed by atoms with van der Waals surface area (Å²) in [5.41, 5.74) is 3.56. The standard InChI is InChI=1S/C25H30N6O/c1-29-16-13-26-22(29)17-30(2)25(32)19-11-14-31(15-12-19)24-20-9-6-10-21(20)27-23(28-24)18-7-4-3-5-8-18/h3-5,7-8,13,16,19H,6,9-12,14-15,17H2,1-2H3. The first-order valence-corrected chi connectivity index (χ1v) is 11.5. The Bertz CT molecular complexity index is 1100. The van der Waals surface area contributed by atoms with E-state index in [-0.39, 0.29) is 11.8 Å². The molecule has 5 rings (SSSR count). The van der Waals surface area contributed by atoms with Crippen LogP contribution in [0.25, 0.3) is 11.4 Å². The van der Waals surface area contributed by atoms with E-state index in [4.69, 9.17) is 9.97 Å². The summed E-state index contributed by atoms with van der Waals surface area (Å²) in [4.78, 5) is 31.5. The Balaban J connectivity index is 1.29.